The zero-order chi connectivity index (χ0) is 7.19. The lowest BCUT2D eigenvalue weighted by atomic mass is 10.2. The molecule has 2 rings (SSSR count). The molecule has 0 unspecified atom stereocenters. The van der Waals surface area contributed by atoms with Gasteiger partial charge in [0.1, 0.15) is 5.60 Å². The van der Waals surface area contributed by atoms with Gasteiger partial charge in [0, 0.05) is 18.9 Å². The molecule has 1 heterocycles. The van der Waals surface area contributed by atoms with Crippen LogP contribution in [0.1, 0.15) is 18.5 Å². The Labute approximate surface area is 60.1 Å². The highest BCUT2D eigenvalue weighted by Crippen LogP contribution is 2.44. The Hall–Kier alpha value is -0.760. The van der Waals surface area contributed by atoms with Crippen LogP contribution in [-0.4, -0.2) is 9.67 Å². The Balaban J connectivity index is 2.42. The fraction of sp³-hybridized carbons (Fsp3) is 0.500. The highest BCUT2D eigenvalue weighted by molar-refractivity contribution is 5.21. The van der Waals surface area contributed by atoms with Gasteiger partial charge in [-0.1, -0.05) is 0 Å². The maximum Gasteiger partial charge on any atom is 0.105 e. The first-order valence-electron chi connectivity index (χ1n) is 3.57. The normalized spacial score (nSPS) is 21.0. The molecule has 0 spiro atoms. The molecule has 0 saturated heterocycles. The largest absolute Gasteiger partial charge is 0.384 e. The molecular formula is C8H11NO. The van der Waals surface area contributed by atoms with E-state index in [4.69, 9.17) is 0 Å². The Bertz CT molecular complexity index is 248. The summed E-state index contributed by atoms with van der Waals surface area (Å²) in [6.07, 6.45) is 3.81. The van der Waals surface area contributed by atoms with Gasteiger partial charge in [0.05, 0.1) is 0 Å². The molecule has 1 fully saturated rings. The minimum Gasteiger partial charge on any atom is -0.384 e. The summed E-state index contributed by atoms with van der Waals surface area (Å²) >= 11 is 0. The van der Waals surface area contributed by atoms with Crippen molar-refractivity contribution in [1.29, 1.82) is 0 Å². The van der Waals surface area contributed by atoms with Crippen LogP contribution >= 0.6 is 0 Å². The van der Waals surface area contributed by atoms with E-state index in [2.05, 4.69) is 0 Å². The quantitative estimate of drug-likeness (QED) is 0.614. The molecule has 0 aliphatic heterocycles. The van der Waals surface area contributed by atoms with Gasteiger partial charge in [0.2, 0.25) is 0 Å². The van der Waals surface area contributed by atoms with E-state index in [0.717, 1.165) is 18.5 Å². The average Bonchev–Trinajstić information content (AvgIpc) is 2.44. The molecule has 54 valence electrons. The first kappa shape index (κ1) is 5.98. The standard InChI is InChI=1S/C8H11NO/c1-9-6-2-3-7(9)8(10)4-5-8/h2-3,6,10H,4-5H2,1H3. The number of hydrogen-bond acceptors (Lipinski definition) is 1. The molecular weight excluding hydrogens is 126 g/mol. The summed E-state index contributed by atoms with van der Waals surface area (Å²) in [7, 11) is 1.96. The zero-order valence-electron chi connectivity index (χ0n) is 6.04. The molecule has 10 heavy (non-hydrogen) atoms. The third kappa shape index (κ3) is 0.688. The van der Waals surface area contributed by atoms with Gasteiger partial charge in [0.15, 0.2) is 0 Å². The number of hydrogen-bond donors (Lipinski definition) is 1. The van der Waals surface area contributed by atoms with E-state index >= 15 is 0 Å². The summed E-state index contributed by atoms with van der Waals surface area (Å²) in [5.41, 5.74) is 0.575. The molecule has 1 saturated carbocycles. The first-order chi connectivity index (χ1) is 4.72. The van der Waals surface area contributed by atoms with E-state index < -0.39 is 5.60 Å². The number of aromatic nitrogens is 1. The van der Waals surface area contributed by atoms with Crippen LogP contribution in [0, 0.1) is 0 Å². The van der Waals surface area contributed by atoms with Gasteiger partial charge in [-0.25, -0.2) is 0 Å². The van der Waals surface area contributed by atoms with Crippen LogP contribution in [0.15, 0.2) is 18.3 Å². The molecule has 0 aromatic carbocycles. The van der Waals surface area contributed by atoms with Crippen molar-refractivity contribution >= 4 is 0 Å². The summed E-state index contributed by atoms with van der Waals surface area (Å²) < 4.78 is 1.98. The van der Waals surface area contributed by atoms with Crippen LogP contribution in [0.5, 0.6) is 0 Å². The molecule has 0 bridgehead atoms. The average molecular weight is 137 g/mol. The summed E-state index contributed by atoms with van der Waals surface area (Å²) in [4.78, 5) is 0. The molecule has 2 nitrogen and oxygen atoms in total. The van der Waals surface area contributed by atoms with E-state index in [1.165, 1.54) is 0 Å². The monoisotopic (exact) mass is 137 g/mol. The Morgan fingerprint density at radius 2 is 2.30 bits per heavy atom. The van der Waals surface area contributed by atoms with E-state index in [1.54, 1.807) is 0 Å². The lowest BCUT2D eigenvalue weighted by Crippen LogP contribution is -2.09. The number of aryl methyl sites for hydroxylation is 1. The van der Waals surface area contributed by atoms with Gasteiger partial charge in [-0.2, -0.15) is 0 Å². The van der Waals surface area contributed by atoms with E-state index in [-0.39, 0.29) is 0 Å². The van der Waals surface area contributed by atoms with E-state index in [1.807, 2.05) is 29.9 Å². The van der Waals surface area contributed by atoms with Crippen LogP contribution in [-0.2, 0) is 12.6 Å². The van der Waals surface area contributed by atoms with Crippen LogP contribution < -0.4 is 0 Å². The van der Waals surface area contributed by atoms with E-state index in [0.29, 0.717) is 0 Å². The molecule has 2 heteroatoms. The number of aliphatic hydroxyl groups is 1. The van der Waals surface area contributed by atoms with Crippen molar-refractivity contribution in [2.45, 2.75) is 18.4 Å². The smallest absolute Gasteiger partial charge is 0.105 e. The second-order valence-corrected chi connectivity index (χ2v) is 3.04. The third-order valence-electron chi connectivity index (χ3n) is 2.14. The number of rotatable bonds is 1. The van der Waals surface area contributed by atoms with Crippen LogP contribution in [0.3, 0.4) is 0 Å². The van der Waals surface area contributed by atoms with Crippen molar-refractivity contribution in [2.75, 3.05) is 0 Å². The Kier molecular flexibility index (Phi) is 0.980. The molecule has 1 aromatic heterocycles. The maximum absolute atomic E-state index is 9.65. The summed E-state index contributed by atoms with van der Waals surface area (Å²) in [5.74, 6) is 0. The number of nitrogens with zero attached hydrogens (tertiary/aromatic N) is 1. The minimum absolute atomic E-state index is 0.474. The van der Waals surface area contributed by atoms with Crippen molar-refractivity contribution in [3.63, 3.8) is 0 Å². The molecule has 1 aliphatic carbocycles. The lowest BCUT2D eigenvalue weighted by Gasteiger charge is -2.07. The van der Waals surface area contributed by atoms with Crippen molar-refractivity contribution in [1.82, 2.24) is 4.57 Å². The molecule has 0 amide bonds. The second-order valence-electron chi connectivity index (χ2n) is 3.04. The van der Waals surface area contributed by atoms with Gasteiger partial charge >= 0.3 is 0 Å². The fourth-order valence-corrected chi connectivity index (χ4v) is 1.32. The van der Waals surface area contributed by atoms with Gasteiger partial charge in [0.25, 0.3) is 0 Å². The SMILES string of the molecule is Cn1cccc1C1(O)CC1. The highest BCUT2D eigenvalue weighted by Gasteiger charge is 2.43. The second kappa shape index (κ2) is 1.64. The fourth-order valence-electron chi connectivity index (χ4n) is 1.32. The summed E-state index contributed by atoms with van der Waals surface area (Å²) in [6, 6.07) is 3.94. The summed E-state index contributed by atoms with van der Waals surface area (Å²) in [5, 5.41) is 9.65. The predicted molar refractivity (Wildman–Crippen MR) is 38.5 cm³/mol. The molecule has 1 N–H and O–H groups in total. The molecule has 1 aromatic rings. The van der Waals surface area contributed by atoms with Crippen molar-refractivity contribution in [2.24, 2.45) is 7.05 Å². The summed E-state index contributed by atoms with van der Waals surface area (Å²) in [6.45, 7) is 0. The molecule has 0 atom stereocenters. The Morgan fingerprint density at radius 1 is 1.60 bits per heavy atom. The van der Waals surface area contributed by atoms with Gasteiger partial charge in [-0.05, 0) is 25.0 Å². The first-order valence-corrected chi connectivity index (χ1v) is 3.57. The van der Waals surface area contributed by atoms with Gasteiger partial charge in [-0.15, -0.1) is 0 Å². The molecule has 0 radical (unpaired) electrons. The molecule has 1 aliphatic rings. The minimum atomic E-state index is -0.474. The predicted octanol–water partition coefficient (Wildman–Crippen LogP) is 1.01. The maximum atomic E-state index is 9.65. The van der Waals surface area contributed by atoms with Gasteiger partial charge in [-0.3, -0.25) is 0 Å². The Morgan fingerprint density at radius 3 is 2.70 bits per heavy atom. The third-order valence-corrected chi connectivity index (χ3v) is 2.14. The van der Waals surface area contributed by atoms with E-state index in [9.17, 15) is 5.11 Å². The van der Waals surface area contributed by atoms with Crippen LogP contribution in [0.2, 0.25) is 0 Å². The van der Waals surface area contributed by atoms with Crippen molar-refractivity contribution in [3.05, 3.63) is 24.0 Å². The topological polar surface area (TPSA) is 25.2 Å². The zero-order valence-corrected chi connectivity index (χ0v) is 6.04. The van der Waals surface area contributed by atoms with Crippen LogP contribution in [0.25, 0.3) is 0 Å². The highest BCUT2D eigenvalue weighted by atomic mass is 16.3. The van der Waals surface area contributed by atoms with Crippen LogP contribution in [0.4, 0.5) is 0 Å². The van der Waals surface area contributed by atoms with Gasteiger partial charge < -0.3 is 9.67 Å². The van der Waals surface area contributed by atoms with Crippen molar-refractivity contribution in [3.8, 4) is 0 Å². The lowest BCUT2D eigenvalue weighted by molar-refractivity contribution is 0.143. The van der Waals surface area contributed by atoms with Crippen molar-refractivity contribution < 1.29 is 5.11 Å².